The van der Waals surface area contributed by atoms with E-state index in [1.165, 1.54) is 19.3 Å². The average molecular weight is 152 g/mol. The van der Waals surface area contributed by atoms with Gasteiger partial charge in [0.1, 0.15) is 0 Å². The van der Waals surface area contributed by atoms with E-state index >= 15 is 0 Å². The monoisotopic (exact) mass is 152 g/mol. The summed E-state index contributed by atoms with van der Waals surface area (Å²) in [7, 11) is 0. The zero-order valence-corrected chi connectivity index (χ0v) is 8.01. The zero-order valence-electron chi connectivity index (χ0n) is 8.01. The van der Waals surface area contributed by atoms with E-state index in [1.807, 2.05) is 0 Å². The molecule has 0 heteroatoms. The first kappa shape index (κ1) is 7.64. The van der Waals surface area contributed by atoms with Gasteiger partial charge in [-0.2, -0.15) is 0 Å². The fourth-order valence-corrected chi connectivity index (χ4v) is 3.44. The normalized spacial score (nSPS) is 56.5. The van der Waals surface area contributed by atoms with Gasteiger partial charge in [-0.1, -0.05) is 20.8 Å². The highest BCUT2D eigenvalue weighted by Gasteiger charge is 2.44. The molecule has 0 aromatic carbocycles. The fraction of sp³-hybridized carbons (Fsp3) is 1.00. The smallest absolute Gasteiger partial charge is 0.0355 e. The summed E-state index contributed by atoms with van der Waals surface area (Å²) in [6.07, 6.45) is 4.54. The third kappa shape index (κ3) is 1.11. The van der Waals surface area contributed by atoms with Crippen molar-refractivity contribution in [3.05, 3.63) is 0 Å². The van der Waals surface area contributed by atoms with Gasteiger partial charge in [-0.15, -0.1) is 0 Å². The Balaban J connectivity index is 2.01. The van der Waals surface area contributed by atoms with Gasteiger partial charge in [0.2, 0.25) is 0 Å². The van der Waals surface area contributed by atoms with Gasteiger partial charge in [0.15, 0.2) is 0 Å². The van der Waals surface area contributed by atoms with E-state index in [4.69, 9.17) is 0 Å². The molecule has 64 valence electrons. The van der Waals surface area contributed by atoms with Crippen molar-refractivity contribution in [2.45, 2.75) is 40.0 Å². The maximum Gasteiger partial charge on any atom is -0.0355 e. The molecule has 5 atom stereocenters. The van der Waals surface area contributed by atoms with Crippen molar-refractivity contribution < 1.29 is 0 Å². The van der Waals surface area contributed by atoms with Crippen molar-refractivity contribution in [3.8, 4) is 0 Å². The molecule has 2 aliphatic carbocycles. The van der Waals surface area contributed by atoms with Gasteiger partial charge in [0, 0.05) is 0 Å². The maximum absolute atomic E-state index is 2.46. The summed E-state index contributed by atoms with van der Waals surface area (Å²) in [4.78, 5) is 0. The number of fused-ring (bicyclic) bond motifs is 1. The van der Waals surface area contributed by atoms with Gasteiger partial charge in [-0.05, 0) is 48.9 Å². The molecule has 0 radical (unpaired) electrons. The minimum Gasteiger partial charge on any atom is -0.0625 e. The summed E-state index contributed by atoms with van der Waals surface area (Å²) < 4.78 is 0. The summed E-state index contributed by atoms with van der Waals surface area (Å²) in [5, 5.41) is 0. The molecular weight excluding hydrogens is 132 g/mol. The van der Waals surface area contributed by atoms with Crippen molar-refractivity contribution in [1.29, 1.82) is 0 Å². The van der Waals surface area contributed by atoms with Crippen LogP contribution in [0.4, 0.5) is 0 Å². The Morgan fingerprint density at radius 1 is 0.727 bits per heavy atom. The molecule has 0 bridgehead atoms. The molecule has 11 heavy (non-hydrogen) atoms. The average Bonchev–Trinajstić information content (AvgIpc) is 1.93. The second-order valence-corrected chi connectivity index (χ2v) is 5.09. The molecule has 0 spiro atoms. The van der Waals surface area contributed by atoms with Crippen LogP contribution in [0.3, 0.4) is 0 Å². The van der Waals surface area contributed by atoms with E-state index in [9.17, 15) is 0 Å². The third-order valence-corrected chi connectivity index (χ3v) is 4.10. The van der Waals surface area contributed by atoms with Crippen LogP contribution < -0.4 is 0 Å². The first-order valence-corrected chi connectivity index (χ1v) is 5.18. The van der Waals surface area contributed by atoms with E-state index in [0.29, 0.717) is 0 Å². The quantitative estimate of drug-likeness (QED) is 0.499. The van der Waals surface area contributed by atoms with Crippen LogP contribution in [0.5, 0.6) is 0 Å². The standard InChI is InChI=1S/C11H20/c1-7-4-8(2)11-6-9(3)10(11)5-7/h7-11H,4-6H2,1-3H3. The van der Waals surface area contributed by atoms with Crippen LogP contribution in [0.2, 0.25) is 0 Å². The first-order valence-electron chi connectivity index (χ1n) is 5.18. The molecule has 2 rings (SSSR count). The topological polar surface area (TPSA) is 0 Å². The molecule has 2 aliphatic rings. The Kier molecular flexibility index (Phi) is 1.74. The fourth-order valence-electron chi connectivity index (χ4n) is 3.44. The predicted molar refractivity (Wildman–Crippen MR) is 48.3 cm³/mol. The van der Waals surface area contributed by atoms with E-state index in [1.54, 1.807) is 0 Å². The highest BCUT2D eigenvalue weighted by molar-refractivity contribution is 4.93. The van der Waals surface area contributed by atoms with Crippen LogP contribution in [0, 0.1) is 29.6 Å². The maximum atomic E-state index is 2.46. The summed E-state index contributed by atoms with van der Waals surface area (Å²) in [5.41, 5.74) is 0. The van der Waals surface area contributed by atoms with Crippen molar-refractivity contribution in [2.24, 2.45) is 29.6 Å². The zero-order chi connectivity index (χ0) is 8.01. The van der Waals surface area contributed by atoms with Crippen LogP contribution in [0.15, 0.2) is 0 Å². The lowest BCUT2D eigenvalue weighted by molar-refractivity contribution is -0.0202. The predicted octanol–water partition coefficient (Wildman–Crippen LogP) is 3.32. The molecule has 0 N–H and O–H groups in total. The summed E-state index contributed by atoms with van der Waals surface area (Å²) in [5.74, 6) is 5.30. The van der Waals surface area contributed by atoms with Crippen molar-refractivity contribution in [1.82, 2.24) is 0 Å². The van der Waals surface area contributed by atoms with Crippen LogP contribution in [-0.4, -0.2) is 0 Å². The molecular formula is C11H20. The van der Waals surface area contributed by atoms with Gasteiger partial charge < -0.3 is 0 Å². The molecule has 0 heterocycles. The largest absolute Gasteiger partial charge is 0.0625 e. The van der Waals surface area contributed by atoms with E-state index in [-0.39, 0.29) is 0 Å². The minimum absolute atomic E-state index is 1.01. The summed E-state index contributed by atoms with van der Waals surface area (Å²) in [6.45, 7) is 7.32. The third-order valence-electron chi connectivity index (χ3n) is 4.10. The van der Waals surface area contributed by atoms with Crippen LogP contribution in [0.1, 0.15) is 40.0 Å². The van der Waals surface area contributed by atoms with Gasteiger partial charge >= 0.3 is 0 Å². The second kappa shape index (κ2) is 2.50. The molecule has 0 saturated heterocycles. The molecule has 0 aromatic heterocycles. The van der Waals surface area contributed by atoms with Gasteiger partial charge in [0.05, 0.1) is 0 Å². The van der Waals surface area contributed by atoms with Gasteiger partial charge in [-0.25, -0.2) is 0 Å². The van der Waals surface area contributed by atoms with Gasteiger partial charge in [0.25, 0.3) is 0 Å². The van der Waals surface area contributed by atoms with Crippen LogP contribution in [-0.2, 0) is 0 Å². The molecule has 0 nitrogen and oxygen atoms in total. The SMILES string of the molecule is CC1CC(C)C2CC(C)C2C1. The van der Waals surface area contributed by atoms with Crippen molar-refractivity contribution >= 4 is 0 Å². The highest BCUT2D eigenvalue weighted by atomic mass is 14.5. The highest BCUT2D eigenvalue weighted by Crippen LogP contribution is 2.52. The minimum atomic E-state index is 1.01. The first-order chi connectivity index (χ1) is 5.18. The molecule has 5 unspecified atom stereocenters. The molecule has 2 fully saturated rings. The van der Waals surface area contributed by atoms with Gasteiger partial charge in [-0.3, -0.25) is 0 Å². The Morgan fingerprint density at radius 2 is 1.27 bits per heavy atom. The Hall–Kier alpha value is 0. The Labute approximate surface area is 70.4 Å². The summed E-state index contributed by atoms with van der Waals surface area (Å²) in [6, 6.07) is 0. The Bertz CT molecular complexity index is 150. The lowest BCUT2D eigenvalue weighted by Crippen LogP contribution is -2.43. The molecule has 0 amide bonds. The lowest BCUT2D eigenvalue weighted by Gasteiger charge is -2.51. The molecule has 0 aliphatic heterocycles. The lowest BCUT2D eigenvalue weighted by atomic mass is 9.54. The van der Waals surface area contributed by atoms with E-state index in [0.717, 1.165) is 29.6 Å². The molecule has 2 saturated carbocycles. The number of hydrogen-bond donors (Lipinski definition) is 0. The second-order valence-electron chi connectivity index (χ2n) is 5.09. The molecule has 0 aromatic rings. The number of hydrogen-bond acceptors (Lipinski definition) is 0. The van der Waals surface area contributed by atoms with Crippen LogP contribution >= 0.6 is 0 Å². The summed E-state index contributed by atoms with van der Waals surface area (Å²) >= 11 is 0. The Morgan fingerprint density at radius 3 is 1.91 bits per heavy atom. The van der Waals surface area contributed by atoms with E-state index in [2.05, 4.69) is 20.8 Å². The van der Waals surface area contributed by atoms with Crippen molar-refractivity contribution in [2.75, 3.05) is 0 Å². The van der Waals surface area contributed by atoms with Crippen LogP contribution in [0.25, 0.3) is 0 Å². The number of rotatable bonds is 0. The van der Waals surface area contributed by atoms with Crippen molar-refractivity contribution in [3.63, 3.8) is 0 Å². The van der Waals surface area contributed by atoms with E-state index < -0.39 is 0 Å².